The number of ether oxygens (including phenoxy) is 1. The number of rotatable bonds is 7. The lowest BCUT2D eigenvalue weighted by atomic mass is 10.2. The molecule has 0 fully saturated rings. The highest BCUT2D eigenvalue weighted by Crippen LogP contribution is 2.06. The third kappa shape index (κ3) is 4.97. The minimum Gasteiger partial charge on any atom is -0.376 e. The van der Waals surface area contributed by atoms with Gasteiger partial charge in [0.15, 0.2) is 0 Å². The van der Waals surface area contributed by atoms with Crippen LogP contribution in [0.5, 0.6) is 0 Å². The Labute approximate surface area is 120 Å². The van der Waals surface area contributed by atoms with E-state index in [1.54, 1.807) is 6.33 Å². The molecule has 1 aromatic carbocycles. The molecule has 0 aliphatic carbocycles. The van der Waals surface area contributed by atoms with E-state index in [4.69, 9.17) is 4.74 Å². The number of aromatic nitrogens is 2. The fourth-order valence-corrected chi connectivity index (χ4v) is 1.84. The maximum absolute atomic E-state index is 5.72. The van der Waals surface area contributed by atoms with Gasteiger partial charge in [0.2, 0.25) is 0 Å². The molecule has 1 aromatic heterocycles. The van der Waals surface area contributed by atoms with Gasteiger partial charge in [-0.2, -0.15) is 0 Å². The highest BCUT2D eigenvalue weighted by molar-refractivity contribution is 5.34. The third-order valence-corrected chi connectivity index (χ3v) is 2.95. The largest absolute Gasteiger partial charge is 0.376 e. The van der Waals surface area contributed by atoms with Gasteiger partial charge in [-0.3, -0.25) is 0 Å². The highest BCUT2D eigenvalue weighted by Gasteiger charge is 2.03. The first-order chi connectivity index (χ1) is 9.74. The topological polar surface area (TPSA) is 47.0 Å². The number of anilines is 1. The minimum atomic E-state index is 0.425. The second-order valence-electron chi connectivity index (χ2n) is 5.03. The van der Waals surface area contributed by atoms with Crippen molar-refractivity contribution >= 4 is 5.82 Å². The van der Waals surface area contributed by atoms with Gasteiger partial charge in [-0.25, -0.2) is 9.97 Å². The summed E-state index contributed by atoms with van der Waals surface area (Å²) < 4.78 is 5.72. The number of benzene rings is 1. The molecule has 0 aliphatic rings. The van der Waals surface area contributed by atoms with Crippen LogP contribution in [-0.2, 0) is 11.3 Å². The number of hydrogen-bond acceptors (Lipinski definition) is 4. The van der Waals surface area contributed by atoms with Crippen LogP contribution in [0.4, 0.5) is 5.82 Å². The van der Waals surface area contributed by atoms with Crippen molar-refractivity contribution in [2.24, 2.45) is 5.92 Å². The lowest BCUT2D eigenvalue weighted by Gasteiger charge is -2.13. The van der Waals surface area contributed by atoms with E-state index in [1.807, 2.05) is 31.2 Å². The van der Waals surface area contributed by atoms with E-state index < -0.39 is 0 Å². The molecule has 1 unspecified atom stereocenters. The highest BCUT2D eigenvalue weighted by atomic mass is 16.5. The van der Waals surface area contributed by atoms with E-state index in [0.29, 0.717) is 12.5 Å². The standard InChI is InChI=1S/C16H21N3O/c1-13(9-17-16-8-14(2)18-12-19-16)10-20-11-15-6-4-3-5-7-15/h3-8,12-13H,9-11H2,1-2H3,(H,17,18,19). The van der Waals surface area contributed by atoms with Crippen molar-refractivity contribution in [2.75, 3.05) is 18.5 Å². The zero-order valence-corrected chi connectivity index (χ0v) is 12.0. The van der Waals surface area contributed by atoms with E-state index >= 15 is 0 Å². The van der Waals surface area contributed by atoms with E-state index in [2.05, 4.69) is 34.3 Å². The van der Waals surface area contributed by atoms with E-state index in [0.717, 1.165) is 24.7 Å². The quantitative estimate of drug-likeness (QED) is 0.840. The summed E-state index contributed by atoms with van der Waals surface area (Å²) >= 11 is 0. The molecule has 1 atom stereocenters. The van der Waals surface area contributed by atoms with Crippen molar-refractivity contribution in [3.05, 3.63) is 54.0 Å². The van der Waals surface area contributed by atoms with Crippen molar-refractivity contribution in [3.63, 3.8) is 0 Å². The SMILES string of the molecule is Cc1cc(NCC(C)COCc2ccccc2)ncn1. The van der Waals surface area contributed by atoms with Gasteiger partial charge in [-0.1, -0.05) is 37.3 Å². The fraction of sp³-hybridized carbons (Fsp3) is 0.375. The third-order valence-electron chi connectivity index (χ3n) is 2.95. The van der Waals surface area contributed by atoms with Gasteiger partial charge in [-0.15, -0.1) is 0 Å². The summed E-state index contributed by atoms with van der Waals surface area (Å²) in [4.78, 5) is 8.25. The Morgan fingerprint density at radius 2 is 2.00 bits per heavy atom. The predicted molar refractivity (Wildman–Crippen MR) is 80.5 cm³/mol. The van der Waals surface area contributed by atoms with Crippen LogP contribution in [0.25, 0.3) is 0 Å². The van der Waals surface area contributed by atoms with Gasteiger partial charge < -0.3 is 10.1 Å². The molecule has 4 heteroatoms. The summed E-state index contributed by atoms with van der Waals surface area (Å²) in [5, 5.41) is 3.30. The second kappa shape index (κ2) is 7.60. The maximum atomic E-state index is 5.72. The Hall–Kier alpha value is -1.94. The molecule has 106 valence electrons. The molecule has 1 heterocycles. The molecule has 0 saturated carbocycles. The Bertz CT molecular complexity index is 516. The van der Waals surface area contributed by atoms with Crippen LogP contribution in [0.3, 0.4) is 0 Å². The lowest BCUT2D eigenvalue weighted by molar-refractivity contribution is 0.0954. The van der Waals surface area contributed by atoms with Crippen molar-refractivity contribution in [2.45, 2.75) is 20.5 Å². The van der Waals surface area contributed by atoms with Crippen LogP contribution >= 0.6 is 0 Å². The summed E-state index contributed by atoms with van der Waals surface area (Å²) in [5.74, 6) is 1.29. The summed E-state index contributed by atoms with van der Waals surface area (Å²) in [6.45, 7) is 6.35. The second-order valence-corrected chi connectivity index (χ2v) is 5.03. The van der Waals surface area contributed by atoms with Crippen molar-refractivity contribution < 1.29 is 4.74 Å². The Balaban J connectivity index is 1.67. The zero-order chi connectivity index (χ0) is 14.2. The van der Waals surface area contributed by atoms with Crippen LogP contribution < -0.4 is 5.32 Å². The van der Waals surface area contributed by atoms with Crippen molar-refractivity contribution in [1.82, 2.24) is 9.97 Å². The molecule has 2 aromatic rings. The molecule has 4 nitrogen and oxygen atoms in total. The average molecular weight is 271 g/mol. The first-order valence-corrected chi connectivity index (χ1v) is 6.88. The molecule has 20 heavy (non-hydrogen) atoms. The van der Waals surface area contributed by atoms with Crippen molar-refractivity contribution in [3.8, 4) is 0 Å². The van der Waals surface area contributed by atoms with E-state index in [1.165, 1.54) is 5.56 Å². The Kier molecular flexibility index (Phi) is 5.50. The number of nitrogens with one attached hydrogen (secondary N) is 1. The molecule has 0 aliphatic heterocycles. The number of hydrogen-bond donors (Lipinski definition) is 1. The van der Waals surface area contributed by atoms with E-state index in [9.17, 15) is 0 Å². The van der Waals surface area contributed by atoms with Crippen LogP contribution in [-0.4, -0.2) is 23.1 Å². The van der Waals surface area contributed by atoms with Crippen molar-refractivity contribution in [1.29, 1.82) is 0 Å². The monoisotopic (exact) mass is 271 g/mol. The molecule has 0 saturated heterocycles. The molecule has 1 N–H and O–H groups in total. The number of aryl methyl sites for hydroxylation is 1. The number of nitrogens with zero attached hydrogens (tertiary/aromatic N) is 2. The van der Waals surface area contributed by atoms with Crippen LogP contribution in [0.1, 0.15) is 18.2 Å². The summed E-state index contributed by atoms with van der Waals surface area (Å²) in [5.41, 5.74) is 2.18. The van der Waals surface area contributed by atoms with Crippen LogP contribution in [0.2, 0.25) is 0 Å². The molecule has 0 amide bonds. The smallest absolute Gasteiger partial charge is 0.129 e. The van der Waals surface area contributed by atoms with Gasteiger partial charge in [-0.05, 0) is 18.4 Å². The lowest BCUT2D eigenvalue weighted by Crippen LogP contribution is -2.17. The van der Waals surface area contributed by atoms with Gasteiger partial charge in [0.1, 0.15) is 12.1 Å². The van der Waals surface area contributed by atoms with Gasteiger partial charge in [0.05, 0.1) is 13.2 Å². The minimum absolute atomic E-state index is 0.425. The Morgan fingerprint density at radius 3 is 2.75 bits per heavy atom. The molecular weight excluding hydrogens is 250 g/mol. The molecule has 0 spiro atoms. The maximum Gasteiger partial charge on any atom is 0.129 e. The first kappa shape index (κ1) is 14.5. The summed E-state index contributed by atoms with van der Waals surface area (Å²) in [6, 6.07) is 12.2. The molecule has 2 rings (SSSR count). The van der Waals surface area contributed by atoms with Gasteiger partial charge in [0, 0.05) is 18.3 Å². The van der Waals surface area contributed by atoms with E-state index in [-0.39, 0.29) is 0 Å². The van der Waals surface area contributed by atoms with Gasteiger partial charge in [0.25, 0.3) is 0 Å². The summed E-state index contributed by atoms with van der Waals surface area (Å²) in [6.07, 6.45) is 1.58. The fourth-order valence-electron chi connectivity index (χ4n) is 1.84. The van der Waals surface area contributed by atoms with Crippen LogP contribution in [0.15, 0.2) is 42.7 Å². The van der Waals surface area contributed by atoms with Crippen LogP contribution in [0, 0.1) is 12.8 Å². The first-order valence-electron chi connectivity index (χ1n) is 6.88. The zero-order valence-electron chi connectivity index (χ0n) is 12.0. The molecule has 0 radical (unpaired) electrons. The molecular formula is C16H21N3O. The van der Waals surface area contributed by atoms with Gasteiger partial charge >= 0.3 is 0 Å². The predicted octanol–water partition coefficient (Wildman–Crippen LogP) is 3.05. The Morgan fingerprint density at radius 1 is 1.20 bits per heavy atom. The summed E-state index contributed by atoms with van der Waals surface area (Å²) in [7, 11) is 0. The average Bonchev–Trinajstić information content (AvgIpc) is 2.46. The normalized spacial score (nSPS) is 12.1. The molecule has 0 bridgehead atoms.